The lowest BCUT2D eigenvalue weighted by Crippen LogP contribution is -2.48. The summed E-state index contributed by atoms with van der Waals surface area (Å²) in [6.45, 7) is 0.0390. The van der Waals surface area contributed by atoms with Gasteiger partial charge < -0.3 is 5.32 Å². The van der Waals surface area contributed by atoms with E-state index in [2.05, 4.69) is 5.32 Å². The van der Waals surface area contributed by atoms with E-state index in [1.54, 1.807) is 0 Å². The SMILES string of the molecule is O=C(NC1CCCCCC1)C1CCCN1S(=O)(=O)c1ccccc1C(F)(F)F. The number of sulfonamides is 1. The molecular formula is C19H25F3N2O3S. The van der Waals surface area contributed by atoms with Crippen LogP contribution in [0.15, 0.2) is 29.2 Å². The van der Waals surface area contributed by atoms with E-state index in [0.717, 1.165) is 61.0 Å². The Hall–Kier alpha value is -1.61. The van der Waals surface area contributed by atoms with Crippen LogP contribution in [0.2, 0.25) is 0 Å². The predicted octanol–water partition coefficient (Wildman–Crippen LogP) is 3.70. The van der Waals surface area contributed by atoms with Gasteiger partial charge in [0.1, 0.15) is 6.04 Å². The first kappa shape index (κ1) is 21.1. The summed E-state index contributed by atoms with van der Waals surface area (Å²) in [6, 6.07) is 3.17. The van der Waals surface area contributed by atoms with Crippen molar-refractivity contribution in [2.45, 2.75) is 74.5 Å². The molecule has 28 heavy (non-hydrogen) atoms. The first-order valence-electron chi connectivity index (χ1n) is 9.69. The summed E-state index contributed by atoms with van der Waals surface area (Å²) in [5.74, 6) is -0.405. The Labute approximate surface area is 163 Å². The van der Waals surface area contributed by atoms with E-state index in [1.165, 1.54) is 6.07 Å². The van der Waals surface area contributed by atoms with Crippen molar-refractivity contribution in [1.82, 2.24) is 9.62 Å². The minimum Gasteiger partial charge on any atom is -0.352 e. The predicted molar refractivity (Wildman–Crippen MR) is 98.0 cm³/mol. The molecule has 1 aromatic carbocycles. The molecular weight excluding hydrogens is 393 g/mol. The van der Waals surface area contributed by atoms with Gasteiger partial charge in [0.25, 0.3) is 0 Å². The van der Waals surface area contributed by atoms with Gasteiger partial charge in [0.15, 0.2) is 0 Å². The number of benzene rings is 1. The lowest BCUT2D eigenvalue weighted by molar-refractivity contribution is -0.139. The quantitative estimate of drug-likeness (QED) is 0.759. The Kier molecular flexibility index (Phi) is 6.34. The average Bonchev–Trinajstić information content (AvgIpc) is 3.01. The summed E-state index contributed by atoms with van der Waals surface area (Å²) in [6.07, 6.45) is 1.91. The first-order valence-corrected chi connectivity index (χ1v) is 11.1. The van der Waals surface area contributed by atoms with Gasteiger partial charge in [-0.3, -0.25) is 4.79 Å². The fourth-order valence-electron chi connectivity index (χ4n) is 4.06. The van der Waals surface area contributed by atoms with Crippen LogP contribution < -0.4 is 5.32 Å². The maximum Gasteiger partial charge on any atom is 0.417 e. The van der Waals surface area contributed by atoms with Gasteiger partial charge in [-0.15, -0.1) is 0 Å². The monoisotopic (exact) mass is 418 g/mol. The van der Waals surface area contributed by atoms with Gasteiger partial charge in [0, 0.05) is 12.6 Å². The van der Waals surface area contributed by atoms with Crippen LogP contribution in [0.4, 0.5) is 13.2 Å². The van der Waals surface area contributed by atoms with Crippen molar-refractivity contribution in [2.24, 2.45) is 0 Å². The molecule has 1 aliphatic carbocycles. The fourth-order valence-corrected chi connectivity index (χ4v) is 5.93. The number of hydrogen-bond donors (Lipinski definition) is 1. The Bertz CT molecular complexity index is 803. The lowest BCUT2D eigenvalue weighted by Gasteiger charge is -2.26. The number of carbonyl (C=O) groups excluding carboxylic acids is 1. The zero-order valence-corrected chi connectivity index (χ0v) is 16.4. The van der Waals surface area contributed by atoms with E-state index in [4.69, 9.17) is 0 Å². The molecule has 1 heterocycles. The van der Waals surface area contributed by atoms with Crippen LogP contribution >= 0.6 is 0 Å². The number of nitrogens with zero attached hydrogens (tertiary/aromatic N) is 1. The minimum absolute atomic E-state index is 0.00242. The number of hydrogen-bond acceptors (Lipinski definition) is 3. The molecule has 1 saturated heterocycles. The van der Waals surface area contributed by atoms with Crippen molar-refractivity contribution < 1.29 is 26.4 Å². The van der Waals surface area contributed by atoms with E-state index in [1.807, 2.05) is 0 Å². The largest absolute Gasteiger partial charge is 0.417 e. The second-order valence-electron chi connectivity index (χ2n) is 7.46. The van der Waals surface area contributed by atoms with Crippen molar-refractivity contribution in [3.8, 4) is 0 Å². The summed E-state index contributed by atoms with van der Waals surface area (Å²) < 4.78 is 66.9. The molecule has 9 heteroatoms. The number of carbonyl (C=O) groups is 1. The standard InChI is InChI=1S/C19H25F3N2O3S/c20-19(21,22)15-10-5-6-12-17(15)28(26,27)24-13-7-11-16(24)18(25)23-14-8-3-1-2-4-9-14/h5-6,10,12,14,16H,1-4,7-9,11,13H2,(H,23,25). The van der Waals surface area contributed by atoms with Crippen LogP contribution in [0.25, 0.3) is 0 Å². The van der Waals surface area contributed by atoms with Crippen LogP contribution in [0.5, 0.6) is 0 Å². The van der Waals surface area contributed by atoms with E-state index >= 15 is 0 Å². The van der Waals surface area contributed by atoms with E-state index in [9.17, 15) is 26.4 Å². The molecule has 1 aliphatic heterocycles. The van der Waals surface area contributed by atoms with Crippen LogP contribution in [0, 0.1) is 0 Å². The molecule has 3 rings (SSSR count). The molecule has 0 bridgehead atoms. The van der Waals surface area contributed by atoms with Crippen molar-refractivity contribution in [3.05, 3.63) is 29.8 Å². The maximum absolute atomic E-state index is 13.3. The van der Waals surface area contributed by atoms with Crippen molar-refractivity contribution in [3.63, 3.8) is 0 Å². The summed E-state index contributed by atoms with van der Waals surface area (Å²) in [5.41, 5.74) is -1.20. The molecule has 1 N–H and O–H groups in total. The molecule has 1 amide bonds. The number of nitrogens with one attached hydrogen (secondary N) is 1. The Morgan fingerprint density at radius 3 is 2.29 bits per heavy atom. The number of alkyl halides is 3. The molecule has 2 aliphatic rings. The molecule has 2 fully saturated rings. The van der Waals surface area contributed by atoms with Gasteiger partial charge in [0.2, 0.25) is 15.9 Å². The molecule has 0 radical (unpaired) electrons. The van der Waals surface area contributed by atoms with Crippen LogP contribution in [-0.4, -0.2) is 37.3 Å². The summed E-state index contributed by atoms with van der Waals surface area (Å²) in [7, 11) is -4.44. The van der Waals surface area contributed by atoms with Gasteiger partial charge in [-0.2, -0.15) is 17.5 Å². The Morgan fingerprint density at radius 1 is 1.00 bits per heavy atom. The first-order chi connectivity index (χ1) is 13.2. The third kappa shape index (κ3) is 4.51. The van der Waals surface area contributed by atoms with Crippen molar-refractivity contribution in [2.75, 3.05) is 6.54 Å². The second-order valence-corrected chi connectivity index (χ2v) is 9.32. The molecule has 156 valence electrons. The highest BCUT2D eigenvalue weighted by atomic mass is 32.2. The zero-order valence-electron chi connectivity index (χ0n) is 15.5. The lowest BCUT2D eigenvalue weighted by atomic mass is 10.1. The van der Waals surface area contributed by atoms with E-state index < -0.39 is 38.6 Å². The normalized spacial score (nSPS) is 22.8. The molecule has 1 unspecified atom stereocenters. The van der Waals surface area contributed by atoms with E-state index in [0.29, 0.717) is 12.8 Å². The molecule has 1 atom stereocenters. The van der Waals surface area contributed by atoms with E-state index in [-0.39, 0.29) is 12.6 Å². The molecule has 0 spiro atoms. The highest BCUT2D eigenvalue weighted by Gasteiger charge is 2.44. The topological polar surface area (TPSA) is 66.5 Å². The summed E-state index contributed by atoms with van der Waals surface area (Å²) in [4.78, 5) is 12.0. The van der Waals surface area contributed by atoms with Crippen LogP contribution in [-0.2, 0) is 21.0 Å². The third-order valence-electron chi connectivity index (χ3n) is 5.49. The average molecular weight is 418 g/mol. The smallest absolute Gasteiger partial charge is 0.352 e. The fraction of sp³-hybridized carbons (Fsp3) is 0.632. The van der Waals surface area contributed by atoms with Crippen molar-refractivity contribution >= 4 is 15.9 Å². The number of rotatable bonds is 4. The van der Waals surface area contributed by atoms with Gasteiger partial charge in [-0.1, -0.05) is 37.8 Å². The van der Waals surface area contributed by atoms with Crippen molar-refractivity contribution in [1.29, 1.82) is 0 Å². The van der Waals surface area contributed by atoms with Gasteiger partial charge >= 0.3 is 6.18 Å². The summed E-state index contributed by atoms with van der Waals surface area (Å²) >= 11 is 0. The molecule has 5 nitrogen and oxygen atoms in total. The van der Waals surface area contributed by atoms with Crippen LogP contribution in [0.1, 0.15) is 56.9 Å². The summed E-state index contributed by atoms with van der Waals surface area (Å²) in [5, 5.41) is 2.93. The number of halogens is 3. The molecule has 1 aromatic rings. The number of amides is 1. The molecule has 1 saturated carbocycles. The van der Waals surface area contributed by atoms with Gasteiger partial charge in [0.05, 0.1) is 10.5 Å². The Morgan fingerprint density at radius 2 is 1.64 bits per heavy atom. The van der Waals surface area contributed by atoms with Crippen LogP contribution in [0.3, 0.4) is 0 Å². The molecule has 0 aromatic heterocycles. The zero-order chi connectivity index (χ0) is 20.4. The van der Waals surface area contributed by atoms with Gasteiger partial charge in [-0.05, 0) is 37.8 Å². The van der Waals surface area contributed by atoms with Gasteiger partial charge in [-0.25, -0.2) is 8.42 Å². The maximum atomic E-state index is 13.3. The second kappa shape index (κ2) is 8.41. The Balaban J connectivity index is 1.83. The highest BCUT2D eigenvalue weighted by molar-refractivity contribution is 7.89. The highest BCUT2D eigenvalue weighted by Crippen LogP contribution is 2.37. The minimum atomic E-state index is -4.79. The third-order valence-corrected chi connectivity index (χ3v) is 7.45.